The number of nitrogens with two attached hydrogens (primary N) is 1. The fourth-order valence-corrected chi connectivity index (χ4v) is 5.02. The molecule has 1 aliphatic rings. The Bertz CT molecular complexity index is 1090. The van der Waals surface area contributed by atoms with E-state index in [1.807, 2.05) is 6.07 Å². The van der Waals surface area contributed by atoms with Crippen LogP contribution in [0.4, 0.5) is 0 Å². The standard InChI is InChI=1S/C23H29N5O4S/c24-22(25)19-11-9-17(10-12-19)14-26-21(29)15-28-13-5-4-8-20(23(28)30)27-33(31,32)16-18-6-2-1-3-7-18/h1-3,6-7,9-12,20,27H,4-5,8,13-16H2,(H3,24,25)(H,26,29)/t20-/m0/s1. The maximum atomic E-state index is 13.0. The van der Waals surface area contributed by atoms with Crippen LogP contribution in [0.5, 0.6) is 0 Å². The molecule has 1 saturated heterocycles. The van der Waals surface area contributed by atoms with Gasteiger partial charge in [-0.25, -0.2) is 13.1 Å². The van der Waals surface area contributed by atoms with Gasteiger partial charge >= 0.3 is 0 Å². The van der Waals surface area contributed by atoms with Gasteiger partial charge in [0, 0.05) is 18.7 Å². The summed E-state index contributed by atoms with van der Waals surface area (Å²) in [5, 5.41) is 10.2. The fraction of sp³-hybridized carbons (Fsp3) is 0.348. The summed E-state index contributed by atoms with van der Waals surface area (Å²) in [4.78, 5) is 26.8. The smallest absolute Gasteiger partial charge is 0.241 e. The molecule has 0 spiro atoms. The van der Waals surface area contributed by atoms with Crippen molar-refractivity contribution in [3.8, 4) is 0 Å². The van der Waals surface area contributed by atoms with Crippen LogP contribution in [0.15, 0.2) is 54.6 Å². The highest BCUT2D eigenvalue weighted by Gasteiger charge is 2.31. The Hall–Kier alpha value is -3.24. The number of benzene rings is 2. The number of amides is 2. The fourth-order valence-electron chi connectivity index (χ4n) is 3.66. The molecule has 33 heavy (non-hydrogen) atoms. The van der Waals surface area contributed by atoms with Gasteiger partial charge in [-0.15, -0.1) is 0 Å². The first-order chi connectivity index (χ1) is 15.7. The van der Waals surface area contributed by atoms with Crippen molar-refractivity contribution in [2.75, 3.05) is 13.1 Å². The van der Waals surface area contributed by atoms with Gasteiger partial charge in [0.25, 0.3) is 0 Å². The van der Waals surface area contributed by atoms with Gasteiger partial charge in [0.2, 0.25) is 21.8 Å². The molecule has 1 aliphatic heterocycles. The van der Waals surface area contributed by atoms with E-state index in [1.54, 1.807) is 48.5 Å². The Morgan fingerprint density at radius 1 is 1.06 bits per heavy atom. The van der Waals surface area contributed by atoms with Crippen molar-refractivity contribution in [2.45, 2.75) is 37.6 Å². The number of likely N-dealkylation sites (tertiary alicyclic amines) is 1. The monoisotopic (exact) mass is 471 g/mol. The number of carbonyl (C=O) groups is 2. The van der Waals surface area contributed by atoms with Gasteiger partial charge in [-0.1, -0.05) is 54.6 Å². The number of nitrogens with zero attached hydrogens (tertiary/aromatic N) is 1. The van der Waals surface area contributed by atoms with Crippen LogP contribution >= 0.6 is 0 Å². The van der Waals surface area contributed by atoms with Crippen molar-refractivity contribution in [3.63, 3.8) is 0 Å². The molecule has 5 N–H and O–H groups in total. The molecule has 0 aromatic heterocycles. The molecular formula is C23H29N5O4S. The zero-order valence-corrected chi connectivity index (χ0v) is 19.1. The molecule has 0 radical (unpaired) electrons. The molecule has 1 atom stereocenters. The van der Waals surface area contributed by atoms with Crippen molar-refractivity contribution in [1.82, 2.24) is 14.9 Å². The lowest BCUT2D eigenvalue weighted by atomic mass is 10.1. The van der Waals surface area contributed by atoms with Crippen LogP contribution in [0, 0.1) is 5.41 Å². The van der Waals surface area contributed by atoms with Crippen molar-refractivity contribution >= 4 is 27.7 Å². The molecule has 0 bridgehead atoms. The van der Waals surface area contributed by atoms with Crippen LogP contribution in [0.3, 0.4) is 0 Å². The molecule has 176 valence electrons. The van der Waals surface area contributed by atoms with E-state index in [-0.39, 0.29) is 36.5 Å². The van der Waals surface area contributed by atoms with Gasteiger partial charge in [0.15, 0.2) is 0 Å². The summed E-state index contributed by atoms with van der Waals surface area (Å²) in [6.07, 6.45) is 1.78. The van der Waals surface area contributed by atoms with Crippen molar-refractivity contribution in [3.05, 3.63) is 71.3 Å². The maximum absolute atomic E-state index is 13.0. The quantitative estimate of drug-likeness (QED) is 0.319. The minimum absolute atomic E-state index is 0.0285. The Morgan fingerprint density at radius 2 is 1.76 bits per heavy atom. The largest absolute Gasteiger partial charge is 0.384 e. The van der Waals surface area contributed by atoms with Crippen LogP contribution in [-0.4, -0.2) is 50.1 Å². The molecule has 10 heteroatoms. The summed E-state index contributed by atoms with van der Waals surface area (Å²) in [6, 6.07) is 14.8. The lowest BCUT2D eigenvalue weighted by Crippen LogP contribution is -2.50. The number of rotatable bonds is 9. The van der Waals surface area contributed by atoms with E-state index in [9.17, 15) is 18.0 Å². The minimum atomic E-state index is -3.71. The Kier molecular flexibility index (Phi) is 8.18. The van der Waals surface area contributed by atoms with Crippen LogP contribution in [0.1, 0.15) is 36.0 Å². The lowest BCUT2D eigenvalue weighted by molar-refractivity contribution is -0.136. The third-order valence-corrected chi connectivity index (χ3v) is 6.75. The number of nitrogens with one attached hydrogen (secondary N) is 3. The third kappa shape index (κ3) is 7.40. The SMILES string of the molecule is N=C(N)c1ccc(CNC(=O)CN2CCCC[C@H](NS(=O)(=O)Cc3ccccc3)C2=O)cc1. The van der Waals surface area contributed by atoms with Crippen molar-refractivity contribution < 1.29 is 18.0 Å². The summed E-state index contributed by atoms with van der Waals surface area (Å²) < 4.78 is 27.7. The molecular weight excluding hydrogens is 442 g/mol. The van der Waals surface area contributed by atoms with Gasteiger partial charge in [0.1, 0.15) is 11.9 Å². The Balaban J connectivity index is 1.55. The summed E-state index contributed by atoms with van der Waals surface area (Å²) in [6.45, 7) is 0.532. The minimum Gasteiger partial charge on any atom is -0.384 e. The predicted molar refractivity (Wildman–Crippen MR) is 126 cm³/mol. The molecule has 0 saturated carbocycles. The molecule has 1 heterocycles. The highest BCUT2D eigenvalue weighted by Crippen LogP contribution is 2.14. The van der Waals surface area contributed by atoms with Crippen LogP contribution in [0.2, 0.25) is 0 Å². The van der Waals surface area contributed by atoms with E-state index < -0.39 is 16.1 Å². The van der Waals surface area contributed by atoms with E-state index >= 15 is 0 Å². The average molecular weight is 472 g/mol. The number of nitrogen functional groups attached to an aromatic ring is 1. The number of sulfonamides is 1. The van der Waals surface area contributed by atoms with E-state index in [2.05, 4.69) is 10.0 Å². The predicted octanol–water partition coefficient (Wildman–Crippen LogP) is 1.09. The first-order valence-electron chi connectivity index (χ1n) is 10.8. The van der Waals surface area contributed by atoms with E-state index in [1.165, 1.54) is 4.90 Å². The van der Waals surface area contributed by atoms with Gasteiger partial charge in [-0.3, -0.25) is 15.0 Å². The van der Waals surface area contributed by atoms with Gasteiger partial charge < -0.3 is 16.0 Å². The Labute approximate surface area is 193 Å². The number of hydrogen-bond acceptors (Lipinski definition) is 5. The zero-order chi connectivity index (χ0) is 23.8. The van der Waals surface area contributed by atoms with Crippen molar-refractivity contribution in [2.24, 2.45) is 5.73 Å². The third-order valence-electron chi connectivity index (χ3n) is 5.39. The summed E-state index contributed by atoms with van der Waals surface area (Å²) in [5.41, 5.74) is 7.51. The van der Waals surface area contributed by atoms with Crippen LogP contribution in [0.25, 0.3) is 0 Å². The number of amidine groups is 1. The highest BCUT2D eigenvalue weighted by molar-refractivity contribution is 7.88. The van der Waals surface area contributed by atoms with E-state index in [0.29, 0.717) is 36.9 Å². The molecule has 2 aromatic carbocycles. The van der Waals surface area contributed by atoms with Gasteiger partial charge in [-0.2, -0.15) is 0 Å². The second kappa shape index (κ2) is 11.1. The number of carbonyl (C=O) groups excluding carboxylic acids is 2. The molecule has 0 unspecified atom stereocenters. The first-order valence-corrected chi connectivity index (χ1v) is 12.4. The molecule has 1 fully saturated rings. The van der Waals surface area contributed by atoms with Gasteiger partial charge in [-0.05, 0) is 30.4 Å². The average Bonchev–Trinajstić information content (AvgIpc) is 2.94. The summed E-state index contributed by atoms with van der Waals surface area (Å²) >= 11 is 0. The van der Waals surface area contributed by atoms with Crippen LogP contribution in [-0.2, 0) is 31.9 Å². The Morgan fingerprint density at radius 3 is 2.42 bits per heavy atom. The van der Waals surface area contributed by atoms with E-state index in [0.717, 1.165) is 5.56 Å². The molecule has 3 rings (SSSR count). The summed E-state index contributed by atoms with van der Waals surface area (Å²) in [7, 11) is -3.71. The van der Waals surface area contributed by atoms with E-state index in [4.69, 9.17) is 11.1 Å². The lowest BCUT2D eigenvalue weighted by Gasteiger charge is -2.24. The normalized spacial score (nSPS) is 16.8. The topological polar surface area (TPSA) is 145 Å². The second-order valence-electron chi connectivity index (χ2n) is 8.06. The highest BCUT2D eigenvalue weighted by atomic mass is 32.2. The van der Waals surface area contributed by atoms with Crippen molar-refractivity contribution in [1.29, 1.82) is 5.41 Å². The molecule has 2 amide bonds. The molecule has 0 aliphatic carbocycles. The zero-order valence-electron chi connectivity index (χ0n) is 18.3. The second-order valence-corrected chi connectivity index (χ2v) is 9.81. The first kappa shape index (κ1) is 24.4. The maximum Gasteiger partial charge on any atom is 0.241 e. The molecule has 2 aromatic rings. The number of hydrogen-bond donors (Lipinski definition) is 4. The van der Waals surface area contributed by atoms with Crippen LogP contribution < -0.4 is 15.8 Å². The molecule has 9 nitrogen and oxygen atoms in total. The summed E-state index contributed by atoms with van der Waals surface area (Å²) in [5.74, 6) is -0.948. The van der Waals surface area contributed by atoms with Gasteiger partial charge in [0.05, 0.1) is 12.3 Å².